The van der Waals surface area contributed by atoms with Gasteiger partial charge < -0.3 is 14.6 Å². The van der Waals surface area contributed by atoms with Crippen LogP contribution in [0.5, 0.6) is 17.2 Å². The normalized spacial score (nSPS) is 9.95. The number of carbonyl (C=O) groups is 1. The number of carboxylic acid groups (broad SMARTS) is 1. The number of aromatic nitrogens is 1. The molecule has 5 nitrogen and oxygen atoms in total. The van der Waals surface area contributed by atoms with Gasteiger partial charge in [0.2, 0.25) is 0 Å². The Morgan fingerprint density at radius 3 is 2.68 bits per heavy atom. The minimum atomic E-state index is -1.09. The molecular weight excluding hydrogens is 246 g/mol. The Morgan fingerprint density at radius 2 is 2.00 bits per heavy atom. The molecular formula is C14H13NO4. The van der Waals surface area contributed by atoms with Crippen molar-refractivity contribution >= 4 is 5.97 Å². The molecule has 0 unspecified atom stereocenters. The average Bonchev–Trinajstić information content (AvgIpc) is 2.41. The van der Waals surface area contributed by atoms with E-state index in [1.165, 1.54) is 12.3 Å². The molecule has 0 atom stereocenters. The lowest BCUT2D eigenvalue weighted by Crippen LogP contribution is -2.00. The molecule has 1 aromatic carbocycles. The summed E-state index contributed by atoms with van der Waals surface area (Å²) in [4.78, 5) is 14.6. The Balaban J connectivity index is 2.26. The number of benzene rings is 1. The number of rotatable bonds is 5. The van der Waals surface area contributed by atoms with Crippen molar-refractivity contribution in [3.63, 3.8) is 0 Å². The third kappa shape index (κ3) is 3.22. The maximum absolute atomic E-state index is 10.8. The van der Waals surface area contributed by atoms with E-state index in [4.69, 9.17) is 14.6 Å². The van der Waals surface area contributed by atoms with Crippen molar-refractivity contribution in [1.29, 1.82) is 0 Å². The van der Waals surface area contributed by atoms with Gasteiger partial charge in [0.05, 0.1) is 6.61 Å². The highest BCUT2D eigenvalue weighted by Crippen LogP contribution is 2.31. The molecule has 2 rings (SSSR count). The van der Waals surface area contributed by atoms with Gasteiger partial charge in [-0.15, -0.1) is 0 Å². The second kappa shape index (κ2) is 5.86. The van der Waals surface area contributed by atoms with Crippen molar-refractivity contribution in [2.75, 3.05) is 6.61 Å². The molecule has 0 aliphatic heterocycles. The standard InChI is InChI=1S/C14H13NO4/c1-2-18-12-5-3-4-6-13(12)19-10-7-8-15-11(9-10)14(16)17/h3-9H,2H2,1H3,(H,16,17). The summed E-state index contributed by atoms with van der Waals surface area (Å²) in [6.07, 6.45) is 1.39. The Labute approximate surface area is 110 Å². The molecule has 2 aromatic rings. The average molecular weight is 259 g/mol. The van der Waals surface area contributed by atoms with E-state index < -0.39 is 5.97 Å². The van der Waals surface area contributed by atoms with Crippen LogP contribution in [0, 0.1) is 0 Å². The second-order valence-electron chi connectivity index (χ2n) is 3.66. The molecule has 0 bridgehead atoms. The summed E-state index contributed by atoms with van der Waals surface area (Å²) in [5, 5.41) is 8.87. The quantitative estimate of drug-likeness (QED) is 0.893. The van der Waals surface area contributed by atoms with E-state index in [0.29, 0.717) is 23.9 Å². The molecule has 1 N–H and O–H groups in total. The molecule has 0 radical (unpaired) electrons. The lowest BCUT2D eigenvalue weighted by atomic mass is 10.3. The summed E-state index contributed by atoms with van der Waals surface area (Å²) in [5.74, 6) is 0.452. The Kier molecular flexibility index (Phi) is 3.97. The summed E-state index contributed by atoms with van der Waals surface area (Å²) in [6.45, 7) is 2.41. The summed E-state index contributed by atoms with van der Waals surface area (Å²) >= 11 is 0. The minimum Gasteiger partial charge on any atom is -0.490 e. The maximum atomic E-state index is 10.8. The molecule has 0 saturated heterocycles. The fourth-order valence-corrected chi connectivity index (χ4v) is 1.53. The summed E-state index contributed by atoms with van der Waals surface area (Å²) in [5.41, 5.74) is -0.0635. The highest BCUT2D eigenvalue weighted by Gasteiger charge is 2.08. The van der Waals surface area contributed by atoms with Crippen LogP contribution >= 0.6 is 0 Å². The van der Waals surface area contributed by atoms with Gasteiger partial charge in [-0.05, 0) is 25.1 Å². The van der Waals surface area contributed by atoms with Crippen molar-refractivity contribution in [1.82, 2.24) is 4.98 Å². The number of para-hydroxylation sites is 2. The minimum absolute atomic E-state index is 0.0635. The highest BCUT2D eigenvalue weighted by molar-refractivity contribution is 5.85. The van der Waals surface area contributed by atoms with E-state index in [1.54, 1.807) is 18.2 Å². The first-order valence-corrected chi connectivity index (χ1v) is 5.79. The predicted molar refractivity (Wildman–Crippen MR) is 68.9 cm³/mol. The van der Waals surface area contributed by atoms with Crippen molar-refractivity contribution in [2.24, 2.45) is 0 Å². The molecule has 0 amide bonds. The Bertz CT molecular complexity index is 583. The van der Waals surface area contributed by atoms with Gasteiger partial charge in [-0.1, -0.05) is 12.1 Å². The smallest absolute Gasteiger partial charge is 0.354 e. The largest absolute Gasteiger partial charge is 0.490 e. The lowest BCUT2D eigenvalue weighted by Gasteiger charge is -2.11. The van der Waals surface area contributed by atoms with Gasteiger partial charge in [-0.2, -0.15) is 0 Å². The number of hydrogen-bond donors (Lipinski definition) is 1. The van der Waals surface area contributed by atoms with Crippen LogP contribution in [0.1, 0.15) is 17.4 Å². The molecule has 0 aliphatic carbocycles. The van der Waals surface area contributed by atoms with Gasteiger partial charge in [-0.25, -0.2) is 9.78 Å². The van der Waals surface area contributed by atoms with E-state index in [0.717, 1.165) is 0 Å². The van der Waals surface area contributed by atoms with Crippen LogP contribution in [-0.2, 0) is 0 Å². The van der Waals surface area contributed by atoms with Crippen LogP contribution in [0.15, 0.2) is 42.6 Å². The van der Waals surface area contributed by atoms with Crippen LogP contribution in [0.4, 0.5) is 0 Å². The second-order valence-corrected chi connectivity index (χ2v) is 3.66. The van der Waals surface area contributed by atoms with Crippen LogP contribution in [-0.4, -0.2) is 22.7 Å². The van der Waals surface area contributed by atoms with Crippen LogP contribution < -0.4 is 9.47 Å². The number of nitrogens with zero attached hydrogens (tertiary/aromatic N) is 1. The molecule has 0 saturated carbocycles. The van der Waals surface area contributed by atoms with Crippen molar-refractivity contribution in [2.45, 2.75) is 6.92 Å². The first-order chi connectivity index (χ1) is 9.20. The third-order valence-corrected chi connectivity index (χ3v) is 2.33. The summed E-state index contributed by atoms with van der Waals surface area (Å²) in [7, 11) is 0. The van der Waals surface area contributed by atoms with E-state index in [9.17, 15) is 4.79 Å². The number of pyridine rings is 1. The maximum Gasteiger partial charge on any atom is 0.354 e. The first-order valence-electron chi connectivity index (χ1n) is 5.79. The van der Waals surface area contributed by atoms with Gasteiger partial charge in [-0.3, -0.25) is 0 Å². The Hall–Kier alpha value is -2.56. The molecule has 19 heavy (non-hydrogen) atoms. The molecule has 0 fully saturated rings. The van der Waals surface area contributed by atoms with Crippen molar-refractivity contribution < 1.29 is 19.4 Å². The SMILES string of the molecule is CCOc1ccccc1Oc1ccnc(C(=O)O)c1. The molecule has 0 aliphatic rings. The van der Waals surface area contributed by atoms with Crippen molar-refractivity contribution in [3.8, 4) is 17.2 Å². The highest BCUT2D eigenvalue weighted by atomic mass is 16.5. The number of carboxylic acids is 1. The first kappa shape index (κ1) is 12.9. The van der Waals surface area contributed by atoms with E-state index >= 15 is 0 Å². The van der Waals surface area contributed by atoms with Crippen LogP contribution in [0.25, 0.3) is 0 Å². The zero-order valence-corrected chi connectivity index (χ0v) is 10.4. The van der Waals surface area contributed by atoms with E-state index in [2.05, 4.69) is 4.98 Å². The molecule has 1 aromatic heterocycles. The monoisotopic (exact) mass is 259 g/mol. The molecule has 0 spiro atoms. The van der Waals surface area contributed by atoms with Gasteiger partial charge in [0, 0.05) is 12.3 Å². The fraction of sp³-hybridized carbons (Fsp3) is 0.143. The van der Waals surface area contributed by atoms with Gasteiger partial charge in [0.25, 0.3) is 0 Å². The van der Waals surface area contributed by atoms with Gasteiger partial charge in [0.15, 0.2) is 17.2 Å². The lowest BCUT2D eigenvalue weighted by molar-refractivity contribution is 0.0690. The van der Waals surface area contributed by atoms with Crippen LogP contribution in [0.2, 0.25) is 0 Å². The van der Waals surface area contributed by atoms with Crippen molar-refractivity contribution in [3.05, 3.63) is 48.3 Å². The summed E-state index contributed by atoms with van der Waals surface area (Å²) < 4.78 is 11.1. The molecule has 1 heterocycles. The number of ether oxygens (including phenoxy) is 2. The number of aromatic carboxylic acids is 1. The zero-order valence-electron chi connectivity index (χ0n) is 10.4. The van der Waals surface area contributed by atoms with Gasteiger partial charge >= 0.3 is 5.97 Å². The molecule has 98 valence electrons. The summed E-state index contributed by atoms with van der Waals surface area (Å²) in [6, 6.07) is 10.2. The van der Waals surface area contributed by atoms with Gasteiger partial charge in [0.1, 0.15) is 5.75 Å². The topological polar surface area (TPSA) is 68.7 Å². The molecule has 5 heteroatoms. The Morgan fingerprint density at radius 1 is 1.26 bits per heavy atom. The zero-order chi connectivity index (χ0) is 13.7. The number of hydrogen-bond acceptors (Lipinski definition) is 4. The van der Waals surface area contributed by atoms with E-state index in [1.807, 2.05) is 19.1 Å². The van der Waals surface area contributed by atoms with Crippen LogP contribution in [0.3, 0.4) is 0 Å². The predicted octanol–water partition coefficient (Wildman–Crippen LogP) is 2.97. The third-order valence-electron chi connectivity index (χ3n) is 2.33. The fourth-order valence-electron chi connectivity index (χ4n) is 1.53. The van der Waals surface area contributed by atoms with E-state index in [-0.39, 0.29) is 5.69 Å².